The first kappa shape index (κ1) is 15.3. The molecule has 22 heavy (non-hydrogen) atoms. The van der Waals surface area contributed by atoms with Crippen LogP contribution in [0.25, 0.3) is 10.2 Å². The maximum absolute atomic E-state index is 12.0. The molecule has 0 radical (unpaired) electrons. The highest BCUT2D eigenvalue weighted by molar-refractivity contribution is 8.01. The van der Waals surface area contributed by atoms with Crippen LogP contribution in [0.2, 0.25) is 0 Å². The van der Waals surface area contributed by atoms with E-state index in [1.54, 1.807) is 28.0 Å². The van der Waals surface area contributed by atoms with Gasteiger partial charge in [-0.1, -0.05) is 23.9 Å². The Morgan fingerprint density at radius 3 is 3.09 bits per heavy atom. The van der Waals surface area contributed by atoms with Gasteiger partial charge in [-0.2, -0.15) is 0 Å². The molecule has 1 aliphatic heterocycles. The molecule has 0 saturated carbocycles. The molecule has 0 atom stereocenters. The number of hydrogen-bond acceptors (Lipinski definition) is 5. The fraction of sp³-hybridized carbons (Fsp3) is 0.400. The van der Waals surface area contributed by atoms with Crippen molar-refractivity contribution in [3.8, 4) is 0 Å². The summed E-state index contributed by atoms with van der Waals surface area (Å²) in [6.45, 7) is 1.38. The van der Waals surface area contributed by atoms with Gasteiger partial charge in [0.15, 0.2) is 4.34 Å². The van der Waals surface area contributed by atoms with E-state index in [1.165, 1.54) is 4.70 Å². The van der Waals surface area contributed by atoms with E-state index < -0.39 is 0 Å². The Hall–Kier alpha value is -1.60. The second-order valence-corrected chi connectivity index (χ2v) is 7.44. The lowest BCUT2D eigenvalue weighted by atomic mass is 10.2. The molecular formula is C15H17N3O2S2. The molecule has 0 spiro atoms. The van der Waals surface area contributed by atoms with Crippen LogP contribution in [0.4, 0.5) is 0 Å². The summed E-state index contributed by atoms with van der Waals surface area (Å²) in [4.78, 5) is 29.5. The predicted molar refractivity (Wildman–Crippen MR) is 89.2 cm³/mol. The van der Waals surface area contributed by atoms with Gasteiger partial charge in [-0.15, -0.1) is 11.3 Å². The standard InChI is InChI=1S/C15H17N3O2S2/c19-13-10-18(8-7-16-13)14(20)6-3-9-21-15-17-11-4-1-2-5-12(11)22-15/h1-2,4-5H,3,6-10H2,(H,16,19). The molecule has 2 aromatic rings. The smallest absolute Gasteiger partial charge is 0.239 e. The summed E-state index contributed by atoms with van der Waals surface area (Å²) in [7, 11) is 0. The number of nitrogens with zero attached hydrogens (tertiary/aromatic N) is 2. The third-order valence-electron chi connectivity index (χ3n) is 3.43. The monoisotopic (exact) mass is 335 g/mol. The summed E-state index contributed by atoms with van der Waals surface area (Å²) in [5.74, 6) is 0.870. The maximum Gasteiger partial charge on any atom is 0.239 e. The molecule has 0 bridgehead atoms. The summed E-state index contributed by atoms with van der Waals surface area (Å²) in [6, 6.07) is 8.09. The molecule has 3 rings (SSSR count). The first-order valence-corrected chi connectivity index (χ1v) is 9.05. The summed E-state index contributed by atoms with van der Waals surface area (Å²) < 4.78 is 2.24. The quantitative estimate of drug-likeness (QED) is 0.672. The number of nitrogens with one attached hydrogen (secondary N) is 1. The Labute approximate surface area is 137 Å². The fourth-order valence-electron chi connectivity index (χ4n) is 2.31. The molecular weight excluding hydrogens is 318 g/mol. The first-order chi connectivity index (χ1) is 10.7. The Balaban J connectivity index is 1.43. The Bertz CT molecular complexity index is 653. The lowest BCUT2D eigenvalue weighted by Crippen LogP contribution is -2.49. The van der Waals surface area contributed by atoms with Crippen molar-refractivity contribution in [2.75, 3.05) is 25.4 Å². The first-order valence-electron chi connectivity index (χ1n) is 7.25. The van der Waals surface area contributed by atoms with Gasteiger partial charge in [0.1, 0.15) is 0 Å². The summed E-state index contributed by atoms with van der Waals surface area (Å²) >= 11 is 3.38. The topological polar surface area (TPSA) is 62.3 Å². The predicted octanol–water partition coefficient (Wildman–Crippen LogP) is 2.13. The van der Waals surface area contributed by atoms with Crippen LogP contribution in [0.5, 0.6) is 0 Å². The summed E-state index contributed by atoms with van der Waals surface area (Å²) in [5.41, 5.74) is 1.03. The minimum absolute atomic E-state index is 0.0662. The number of piperazine rings is 1. The SMILES string of the molecule is O=C1CN(C(=O)CCCSc2nc3ccccc3s2)CCN1. The van der Waals surface area contributed by atoms with E-state index in [-0.39, 0.29) is 18.4 Å². The molecule has 1 aromatic heterocycles. The number of thioether (sulfide) groups is 1. The summed E-state index contributed by atoms with van der Waals surface area (Å²) in [6.07, 6.45) is 1.29. The number of carbonyl (C=O) groups excluding carboxylic acids is 2. The number of aromatic nitrogens is 1. The fourth-order valence-corrected chi connectivity index (χ4v) is 4.38. The second-order valence-electron chi connectivity index (χ2n) is 5.06. The third kappa shape index (κ3) is 3.78. The molecule has 1 saturated heterocycles. The number of fused-ring (bicyclic) bond motifs is 1. The van der Waals surface area contributed by atoms with Crippen LogP contribution >= 0.6 is 23.1 Å². The molecule has 0 unspecified atom stereocenters. The van der Waals surface area contributed by atoms with Gasteiger partial charge in [-0.05, 0) is 18.6 Å². The molecule has 1 fully saturated rings. The molecule has 1 aliphatic rings. The van der Waals surface area contributed by atoms with Gasteiger partial charge in [0.2, 0.25) is 11.8 Å². The average molecular weight is 335 g/mol. The van der Waals surface area contributed by atoms with E-state index in [0.29, 0.717) is 19.5 Å². The number of rotatable bonds is 5. The van der Waals surface area contributed by atoms with Gasteiger partial charge < -0.3 is 10.2 Å². The Morgan fingerprint density at radius 2 is 2.27 bits per heavy atom. The van der Waals surface area contributed by atoms with Crippen LogP contribution < -0.4 is 5.32 Å². The van der Waals surface area contributed by atoms with Crippen LogP contribution in [0.15, 0.2) is 28.6 Å². The maximum atomic E-state index is 12.0. The van der Waals surface area contributed by atoms with Crippen molar-refractivity contribution in [2.24, 2.45) is 0 Å². The number of hydrogen-bond donors (Lipinski definition) is 1. The van der Waals surface area contributed by atoms with E-state index in [9.17, 15) is 9.59 Å². The van der Waals surface area contributed by atoms with Crippen LogP contribution in [0.3, 0.4) is 0 Å². The number of carbonyl (C=O) groups is 2. The largest absolute Gasteiger partial charge is 0.353 e. The van der Waals surface area contributed by atoms with Crippen LogP contribution in [-0.4, -0.2) is 47.1 Å². The van der Waals surface area contributed by atoms with Crippen molar-refractivity contribution in [1.29, 1.82) is 0 Å². The van der Waals surface area contributed by atoms with Gasteiger partial charge in [-0.3, -0.25) is 9.59 Å². The number of amides is 2. The zero-order chi connectivity index (χ0) is 15.4. The number of para-hydroxylation sites is 1. The van der Waals surface area contributed by atoms with Crippen molar-refractivity contribution >= 4 is 45.1 Å². The van der Waals surface area contributed by atoms with E-state index in [4.69, 9.17) is 0 Å². The van der Waals surface area contributed by atoms with Crippen LogP contribution in [0, 0.1) is 0 Å². The molecule has 1 aromatic carbocycles. The highest BCUT2D eigenvalue weighted by Gasteiger charge is 2.20. The third-order valence-corrected chi connectivity index (χ3v) is 5.69. The molecule has 7 heteroatoms. The highest BCUT2D eigenvalue weighted by atomic mass is 32.2. The van der Waals surface area contributed by atoms with Crippen molar-refractivity contribution < 1.29 is 9.59 Å². The van der Waals surface area contributed by atoms with Gasteiger partial charge in [0.05, 0.1) is 16.8 Å². The van der Waals surface area contributed by atoms with Crippen LogP contribution in [0.1, 0.15) is 12.8 Å². The molecule has 5 nitrogen and oxygen atoms in total. The van der Waals surface area contributed by atoms with Crippen molar-refractivity contribution in [2.45, 2.75) is 17.2 Å². The number of thiazole rings is 1. The Morgan fingerprint density at radius 1 is 1.41 bits per heavy atom. The second kappa shape index (κ2) is 7.11. The highest BCUT2D eigenvalue weighted by Crippen LogP contribution is 2.29. The lowest BCUT2D eigenvalue weighted by molar-refractivity contribution is -0.138. The normalized spacial score (nSPS) is 15.1. The molecule has 0 aliphatic carbocycles. The van der Waals surface area contributed by atoms with Crippen molar-refractivity contribution in [3.63, 3.8) is 0 Å². The minimum atomic E-state index is -0.0662. The lowest BCUT2D eigenvalue weighted by Gasteiger charge is -2.26. The average Bonchev–Trinajstić information content (AvgIpc) is 2.94. The number of benzene rings is 1. The molecule has 2 heterocycles. The molecule has 1 N–H and O–H groups in total. The van der Waals surface area contributed by atoms with Gasteiger partial charge >= 0.3 is 0 Å². The summed E-state index contributed by atoms with van der Waals surface area (Å²) in [5, 5.41) is 2.72. The van der Waals surface area contributed by atoms with Gasteiger partial charge in [0.25, 0.3) is 0 Å². The minimum Gasteiger partial charge on any atom is -0.353 e. The van der Waals surface area contributed by atoms with Gasteiger partial charge in [-0.25, -0.2) is 4.98 Å². The van der Waals surface area contributed by atoms with E-state index >= 15 is 0 Å². The van der Waals surface area contributed by atoms with E-state index in [2.05, 4.69) is 16.4 Å². The molecule has 116 valence electrons. The van der Waals surface area contributed by atoms with Crippen molar-refractivity contribution in [3.05, 3.63) is 24.3 Å². The zero-order valence-corrected chi connectivity index (χ0v) is 13.7. The van der Waals surface area contributed by atoms with Gasteiger partial charge in [0, 0.05) is 25.3 Å². The van der Waals surface area contributed by atoms with E-state index in [0.717, 1.165) is 22.0 Å². The van der Waals surface area contributed by atoms with Crippen molar-refractivity contribution in [1.82, 2.24) is 15.2 Å². The van der Waals surface area contributed by atoms with Crippen LogP contribution in [-0.2, 0) is 9.59 Å². The Kier molecular flexibility index (Phi) is 4.94. The zero-order valence-electron chi connectivity index (χ0n) is 12.1. The van der Waals surface area contributed by atoms with E-state index in [1.807, 2.05) is 18.2 Å². The molecule has 2 amide bonds.